The van der Waals surface area contributed by atoms with Crippen LogP contribution in [0, 0.1) is 38.5 Å². The third-order valence-electron chi connectivity index (χ3n) is 7.85. The summed E-state index contributed by atoms with van der Waals surface area (Å²) in [4.78, 5) is 39.7. The average Bonchev–Trinajstić information content (AvgIpc) is 3.68. The van der Waals surface area contributed by atoms with Crippen LogP contribution in [0.3, 0.4) is 0 Å². The molecule has 1 saturated heterocycles. The summed E-state index contributed by atoms with van der Waals surface area (Å²) in [6, 6.07) is 8.12. The van der Waals surface area contributed by atoms with Crippen molar-refractivity contribution < 1.29 is 14.3 Å². The third-order valence-corrected chi connectivity index (χ3v) is 9.62. The van der Waals surface area contributed by atoms with E-state index >= 15 is 0 Å². The Kier molecular flexibility index (Phi) is 6.47. The summed E-state index contributed by atoms with van der Waals surface area (Å²) in [7, 11) is 0. The maximum atomic E-state index is 14.0. The minimum absolute atomic E-state index is 0.0567. The first kappa shape index (κ1) is 25.1. The highest BCUT2D eigenvalue weighted by molar-refractivity contribution is 7.15. The van der Waals surface area contributed by atoms with Crippen LogP contribution in [-0.2, 0) is 0 Å². The SMILES string of the molecule is Cc1ccc(-c2sc(C)nc2C(=O)N2C[C@@H]3CC(C)C[C@@H]3[C@H]2CNC(=O)Oc2c(C)nc3sccn23)cc1. The number of benzene rings is 1. The van der Waals surface area contributed by atoms with Crippen LogP contribution in [0.2, 0.25) is 0 Å². The first-order valence-electron chi connectivity index (χ1n) is 13.0. The van der Waals surface area contributed by atoms with Gasteiger partial charge in [-0.15, -0.1) is 22.7 Å². The van der Waals surface area contributed by atoms with Gasteiger partial charge in [0.25, 0.3) is 5.91 Å². The number of amides is 2. The van der Waals surface area contributed by atoms with Crippen molar-refractivity contribution in [1.29, 1.82) is 0 Å². The number of likely N-dealkylation sites (tertiary alicyclic amines) is 1. The van der Waals surface area contributed by atoms with Crippen molar-refractivity contribution in [2.45, 2.75) is 46.6 Å². The highest BCUT2D eigenvalue weighted by atomic mass is 32.1. The Hall–Kier alpha value is -3.24. The van der Waals surface area contributed by atoms with Crippen LogP contribution >= 0.6 is 22.7 Å². The molecule has 4 atom stereocenters. The predicted octanol–water partition coefficient (Wildman–Crippen LogP) is 5.72. The predicted molar refractivity (Wildman–Crippen MR) is 149 cm³/mol. The van der Waals surface area contributed by atoms with Crippen molar-refractivity contribution in [2.24, 2.45) is 17.8 Å². The fourth-order valence-corrected chi connectivity index (χ4v) is 7.82. The number of imidazole rings is 1. The van der Waals surface area contributed by atoms with E-state index in [-0.39, 0.29) is 11.9 Å². The molecular weight excluding hydrogens is 518 g/mol. The van der Waals surface area contributed by atoms with Crippen LogP contribution in [-0.4, -0.2) is 50.4 Å². The summed E-state index contributed by atoms with van der Waals surface area (Å²) in [6.07, 6.45) is 3.45. The fraction of sp³-hybridized carbons (Fsp3) is 0.429. The molecule has 10 heteroatoms. The van der Waals surface area contributed by atoms with Gasteiger partial charge in [-0.3, -0.25) is 9.20 Å². The normalized spacial score (nSPS) is 22.7. The standard InChI is InChI=1S/C28H31N5O3S2/c1-15-5-7-19(8-6-15)24-23(31-18(4)38-24)25(34)33-14-20-11-16(2)12-21(20)22(33)13-29-28(35)36-26-17(3)30-27-32(26)9-10-37-27/h5-10,16,20-22H,11-14H2,1-4H3,(H,29,35)/t16?,20-,21-,22+/m0/s1. The molecule has 2 fully saturated rings. The lowest BCUT2D eigenvalue weighted by Crippen LogP contribution is -2.46. The number of fused-ring (bicyclic) bond motifs is 2. The highest BCUT2D eigenvalue weighted by Gasteiger charge is 2.48. The van der Waals surface area contributed by atoms with Crippen LogP contribution in [0.1, 0.15) is 46.5 Å². The lowest BCUT2D eigenvalue weighted by Gasteiger charge is -2.28. The molecule has 4 heterocycles. The minimum Gasteiger partial charge on any atom is -0.391 e. The van der Waals surface area contributed by atoms with E-state index in [1.165, 1.54) is 16.9 Å². The van der Waals surface area contributed by atoms with E-state index in [4.69, 9.17) is 4.74 Å². The van der Waals surface area contributed by atoms with Gasteiger partial charge in [0.1, 0.15) is 11.4 Å². The van der Waals surface area contributed by atoms with Gasteiger partial charge in [-0.2, -0.15) is 0 Å². The lowest BCUT2D eigenvalue weighted by atomic mass is 9.94. The van der Waals surface area contributed by atoms with E-state index in [2.05, 4.69) is 53.4 Å². The second kappa shape index (κ2) is 9.81. The molecule has 6 rings (SSSR count). The molecule has 2 amide bonds. The molecule has 8 nitrogen and oxygen atoms in total. The van der Waals surface area contributed by atoms with Gasteiger partial charge >= 0.3 is 6.09 Å². The highest BCUT2D eigenvalue weighted by Crippen LogP contribution is 2.46. The molecule has 1 aliphatic heterocycles. The molecule has 1 aromatic carbocycles. The minimum atomic E-state index is -0.534. The average molecular weight is 550 g/mol. The number of nitrogens with zero attached hydrogens (tertiary/aromatic N) is 4. The molecule has 4 aromatic rings. The molecule has 1 N–H and O–H groups in total. The van der Waals surface area contributed by atoms with Gasteiger partial charge in [0, 0.05) is 24.7 Å². The van der Waals surface area contributed by atoms with Gasteiger partial charge in [-0.1, -0.05) is 36.8 Å². The van der Waals surface area contributed by atoms with E-state index in [0.717, 1.165) is 33.3 Å². The molecule has 198 valence electrons. The molecule has 1 unspecified atom stereocenters. The number of carbonyl (C=O) groups is 2. The van der Waals surface area contributed by atoms with Crippen LogP contribution in [0.25, 0.3) is 15.4 Å². The first-order chi connectivity index (χ1) is 18.3. The van der Waals surface area contributed by atoms with E-state index in [1.807, 2.05) is 30.3 Å². The van der Waals surface area contributed by atoms with Gasteiger partial charge in [-0.25, -0.2) is 14.8 Å². The van der Waals surface area contributed by atoms with Crippen molar-refractivity contribution in [3.8, 4) is 16.3 Å². The Balaban J connectivity index is 1.23. The summed E-state index contributed by atoms with van der Waals surface area (Å²) in [5.74, 6) is 1.76. The molecule has 1 saturated carbocycles. The summed E-state index contributed by atoms with van der Waals surface area (Å²) in [5, 5.41) is 5.73. The maximum Gasteiger partial charge on any atom is 0.414 e. The first-order valence-corrected chi connectivity index (χ1v) is 14.7. The number of aromatic nitrogens is 3. The van der Waals surface area contributed by atoms with Crippen LogP contribution in [0.5, 0.6) is 5.88 Å². The molecular formula is C28H31N5O3S2. The Labute approximate surface area is 229 Å². The van der Waals surface area contributed by atoms with Gasteiger partial charge in [0.15, 0.2) is 4.96 Å². The quantitative estimate of drug-likeness (QED) is 0.344. The van der Waals surface area contributed by atoms with Gasteiger partial charge in [-0.05, 0) is 56.9 Å². The van der Waals surface area contributed by atoms with Crippen molar-refractivity contribution in [3.05, 3.63) is 57.8 Å². The number of thiazole rings is 2. The Morgan fingerprint density at radius 2 is 1.92 bits per heavy atom. The van der Waals surface area contributed by atoms with Crippen molar-refractivity contribution in [1.82, 2.24) is 24.6 Å². The topological polar surface area (TPSA) is 88.8 Å². The van der Waals surface area contributed by atoms with Gasteiger partial charge in [0.05, 0.1) is 15.9 Å². The zero-order valence-corrected chi connectivity index (χ0v) is 23.6. The number of rotatable bonds is 5. The Morgan fingerprint density at radius 3 is 2.71 bits per heavy atom. The van der Waals surface area contributed by atoms with Crippen LogP contribution in [0.15, 0.2) is 35.8 Å². The number of nitrogens with one attached hydrogen (secondary N) is 1. The van der Waals surface area contributed by atoms with E-state index < -0.39 is 6.09 Å². The maximum absolute atomic E-state index is 14.0. The summed E-state index contributed by atoms with van der Waals surface area (Å²) in [5.41, 5.74) is 3.35. The largest absolute Gasteiger partial charge is 0.414 e. The molecule has 0 radical (unpaired) electrons. The number of aryl methyl sites for hydroxylation is 3. The number of hydrogen-bond donors (Lipinski definition) is 1. The smallest absolute Gasteiger partial charge is 0.391 e. The second-order valence-electron chi connectivity index (χ2n) is 10.6. The van der Waals surface area contributed by atoms with Crippen molar-refractivity contribution >= 4 is 39.6 Å². The Morgan fingerprint density at radius 1 is 1.13 bits per heavy atom. The number of carbonyl (C=O) groups excluding carboxylic acids is 2. The summed E-state index contributed by atoms with van der Waals surface area (Å²) in [6.45, 7) is 9.13. The molecule has 38 heavy (non-hydrogen) atoms. The zero-order valence-electron chi connectivity index (χ0n) is 21.9. The molecule has 1 aliphatic carbocycles. The number of ether oxygens (including phenoxy) is 1. The molecule has 0 spiro atoms. The van der Waals surface area contributed by atoms with Gasteiger partial charge in [0.2, 0.25) is 5.88 Å². The number of hydrogen-bond acceptors (Lipinski definition) is 7. The molecule has 2 aliphatic rings. The van der Waals surface area contributed by atoms with E-state index in [9.17, 15) is 9.59 Å². The lowest BCUT2D eigenvalue weighted by molar-refractivity contribution is 0.0702. The van der Waals surface area contributed by atoms with E-state index in [0.29, 0.717) is 48.1 Å². The van der Waals surface area contributed by atoms with Crippen molar-refractivity contribution in [3.63, 3.8) is 0 Å². The second-order valence-corrected chi connectivity index (χ2v) is 12.7. The molecule has 0 bridgehead atoms. The van der Waals surface area contributed by atoms with Gasteiger partial charge < -0.3 is 15.0 Å². The zero-order chi connectivity index (χ0) is 26.6. The summed E-state index contributed by atoms with van der Waals surface area (Å²) < 4.78 is 7.44. The Bertz CT molecular complexity index is 1500. The third kappa shape index (κ3) is 4.49. The van der Waals surface area contributed by atoms with Crippen LogP contribution < -0.4 is 10.1 Å². The van der Waals surface area contributed by atoms with E-state index in [1.54, 1.807) is 15.7 Å². The van der Waals surface area contributed by atoms with Crippen molar-refractivity contribution in [2.75, 3.05) is 13.1 Å². The summed E-state index contributed by atoms with van der Waals surface area (Å²) >= 11 is 3.04. The molecule has 3 aromatic heterocycles. The monoisotopic (exact) mass is 549 g/mol. The fourth-order valence-electron chi connectivity index (χ4n) is 6.16. The van der Waals surface area contributed by atoms with Crippen LogP contribution in [0.4, 0.5) is 4.79 Å².